The molecule has 0 spiro atoms. The fourth-order valence-electron chi connectivity index (χ4n) is 2.80. The standard InChI is InChI=1S/C17H21N3O2S/c1-18-13-4-3-9-20(10-13)17(21)15-11-23-16(19-15)12-5-7-14(22-2)8-6-12/h5-8,11,13,18H,3-4,9-10H2,1-2H3. The predicted octanol–water partition coefficient (Wildman–Crippen LogP) is 2.64. The number of aromatic nitrogens is 1. The molecule has 1 atom stereocenters. The molecule has 1 N–H and O–H groups in total. The summed E-state index contributed by atoms with van der Waals surface area (Å²) < 4.78 is 5.16. The zero-order valence-corrected chi connectivity index (χ0v) is 14.2. The molecular weight excluding hydrogens is 310 g/mol. The van der Waals surface area contributed by atoms with Gasteiger partial charge in [0, 0.05) is 30.1 Å². The average molecular weight is 331 g/mol. The van der Waals surface area contributed by atoms with Gasteiger partial charge in [0.25, 0.3) is 5.91 Å². The number of nitrogens with one attached hydrogen (secondary N) is 1. The van der Waals surface area contributed by atoms with Crippen molar-refractivity contribution in [2.24, 2.45) is 0 Å². The van der Waals surface area contributed by atoms with Crippen molar-refractivity contribution in [3.63, 3.8) is 0 Å². The SMILES string of the molecule is CNC1CCCN(C(=O)c2csc(-c3ccc(OC)cc3)n2)C1. The molecule has 3 rings (SSSR count). The Morgan fingerprint density at radius 3 is 2.87 bits per heavy atom. The van der Waals surface area contributed by atoms with Gasteiger partial charge in [-0.05, 0) is 44.2 Å². The summed E-state index contributed by atoms with van der Waals surface area (Å²) in [7, 11) is 3.59. The van der Waals surface area contributed by atoms with E-state index in [9.17, 15) is 4.79 Å². The van der Waals surface area contributed by atoms with Gasteiger partial charge in [0.15, 0.2) is 0 Å². The van der Waals surface area contributed by atoms with Gasteiger partial charge in [-0.1, -0.05) is 0 Å². The average Bonchev–Trinajstić information content (AvgIpc) is 3.11. The summed E-state index contributed by atoms with van der Waals surface area (Å²) >= 11 is 1.50. The molecular formula is C17H21N3O2S. The van der Waals surface area contributed by atoms with Crippen LogP contribution in [0.4, 0.5) is 0 Å². The van der Waals surface area contributed by atoms with Gasteiger partial charge in [0.2, 0.25) is 0 Å². The minimum Gasteiger partial charge on any atom is -0.497 e. The highest BCUT2D eigenvalue weighted by atomic mass is 32.1. The molecule has 1 fully saturated rings. The van der Waals surface area contributed by atoms with Crippen LogP contribution in [0.3, 0.4) is 0 Å². The van der Waals surface area contributed by atoms with Crippen LogP contribution in [0.15, 0.2) is 29.6 Å². The first-order valence-electron chi connectivity index (χ1n) is 7.77. The molecule has 2 aromatic rings. The normalized spacial score (nSPS) is 18.0. The van der Waals surface area contributed by atoms with Crippen molar-refractivity contribution in [1.82, 2.24) is 15.2 Å². The molecule has 0 radical (unpaired) electrons. The predicted molar refractivity (Wildman–Crippen MR) is 92.1 cm³/mol. The summed E-state index contributed by atoms with van der Waals surface area (Å²) in [5.74, 6) is 0.842. The maximum atomic E-state index is 12.6. The topological polar surface area (TPSA) is 54.5 Å². The second-order valence-corrected chi connectivity index (χ2v) is 6.50. The molecule has 122 valence electrons. The van der Waals surface area contributed by atoms with Crippen LogP contribution in [0.1, 0.15) is 23.3 Å². The van der Waals surface area contributed by atoms with E-state index < -0.39 is 0 Å². The van der Waals surface area contributed by atoms with E-state index in [4.69, 9.17) is 4.74 Å². The van der Waals surface area contributed by atoms with Crippen molar-refractivity contribution in [1.29, 1.82) is 0 Å². The number of methoxy groups -OCH3 is 1. The van der Waals surface area contributed by atoms with Gasteiger partial charge in [-0.25, -0.2) is 4.98 Å². The van der Waals surface area contributed by atoms with Crippen LogP contribution in [0.2, 0.25) is 0 Å². The van der Waals surface area contributed by atoms with Crippen LogP contribution in [0.5, 0.6) is 5.75 Å². The number of likely N-dealkylation sites (N-methyl/N-ethyl adjacent to an activating group) is 1. The first-order chi connectivity index (χ1) is 11.2. The Kier molecular flexibility index (Phi) is 4.93. The van der Waals surface area contributed by atoms with Crippen LogP contribution < -0.4 is 10.1 Å². The van der Waals surface area contributed by atoms with Crippen LogP contribution in [0, 0.1) is 0 Å². The molecule has 2 heterocycles. The Hall–Kier alpha value is -1.92. The van der Waals surface area contributed by atoms with Crippen LogP contribution in [-0.4, -0.2) is 49.1 Å². The molecule has 6 heteroatoms. The smallest absolute Gasteiger partial charge is 0.273 e. The van der Waals surface area contributed by atoms with Crippen molar-refractivity contribution in [3.8, 4) is 16.3 Å². The largest absolute Gasteiger partial charge is 0.497 e. The number of thiazole rings is 1. The number of piperidine rings is 1. The van der Waals surface area contributed by atoms with E-state index in [1.807, 2.05) is 41.6 Å². The van der Waals surface area contributed by atoms with Gasteiger partial charge in [0.05, 0.1) is 7.11 Å². The number of hydrogen-bond donors (Lipinski definition) is 1. The van der Waals surface area contributed by atoms with E-state index in [1.54, 1.807) is 7.11 Å². The van der Waals surface area contributed by atoms with E-state index in [0.29, 0.717) is 11.7 Å². The lowest BCUT2D eigenvalue weighted by Gasteiger charge is -2.32. The maximum Gasteiger partial charge on any atom is 0.273 e. The summed E-state index contributed by atoms with van der Waals surface area (Å²) in [6.45, 7) is 1.57. The van der Waals surface area contributed by atoms with Crippen molar-refractivity contribution >= 4 is 17.2 Å². The molecule has 0 aliphatic carbocycles. The summed E-state index contributed by atoms with van der Waals surface area (Å²) in [6, 6.07) is 8.11. The van der Waals surface area contributed by atoms with Crippen LogP contribution >= 0.6 is 11.3 Å². The summed E-state index contributed by atoms with van der Waals surface area (Å²) in [6.07, 6.45) is 2.15. The third-order valence-corrected chi connectivity index (χ3v) is 5.07. The highest BCUT2D eigenvalue weighted by Crippen LogP contribution is 2.26. The van der Waals surface area contributed by atoms with Crippen molar-refractivity contribution in [2.45, 2.75) is 18.9 Å². The van der Waals surface area contributed by atoms with Crippen LogP contribution in [0.25, 0.3) is 10.6 Å². The number of nitrogens with zero attached hydrogens (tertiary/aromatic N) is 2. The number of carbonyl (C=O) groups excluding carboxylic acids is 1. The van der Waals surface area contributed by atoms with E-state index >= 15 is 0 Å². The number of benzene rings is 1. The second kappa shape index (κ2) is 7.10. The molecule has 1 aromatic carbocycles. The minimum atomic E-state index is 0.0287. The molecule has 5 nitrogen and oxygen atoms in total. The quantitative estimate of drug-likeness (QED) is 0.936. The first-order valence-corrected chi connectivity index (χ1v) is 8.65. The monoisotopic (exact) mass is 331 g/mol. The Balaban J connectivity index is 1.74. The van der Waals surface area contributed by atoms with Crippen molar-refractivity contribution in [2.75, 3.05) is 27.2 Å². The summed E-state index contributed by atoms with van der Waals surface area (Å²) in [5, 5.41) is 5.97. The molecule has 1 amide bonds. The summed E-state index contributed by atoms with van der Waals surface area (Å²) in [5.41, 5.74) is 1.54. The minimum absolute atomic E-state index is 0.0287. The highest BCUT2D eigenvalue weighted by Gasteiger charge is 2.25. The third kappa shape index (κ3) is 3.54. The zero-order chi connectivity index (χ0) is 16.2. The molecule has 1 aliphatic rings. The van der Waals surface area contributed by atoms with Gasteiger partial charge in [-0.15, -0.1) is 11.3 Å². The number of hydrogen-bond acceptors (Lipinski definition) is 5. The Labute approximate surface area is 140 Å². The highest BCUT2D eigenvalue weighted by molar-refractivity contribution is 7.13. The van der Waals surface area contributed by atoms with Gasteiger partial charge >= 0.3 is 0 Å². The van der Waals surface area contributed by atoms with E-state index in [1.165, 1.54) is 11.3 Å². The van der Waals surface area contributed by atoms with Gasteiger partial charge in [-0.3, -0.25) is 4.79 Å². The Bertz CT molecular complexity index is 669. The lowest BCUT2D eigenvalue weighted by molar-refractivity contribution is 0.0693. The first kappa shape index (κ1) is 16.0. The third-order valence-electron chi connectivity index (χ3n) is 4.18. The number of ether oxygens (including phenoxy) is 1. The fraction of sp³-hybridized carbons (Fsp3) is 0.412. The van der Waals surface area contributed by atoms with Crippen molar-refractivity contribution < 1.29 is 9.53 Å². The fourth-order valence-corrected chi connectivity index (χ4v) is 3.60. The lowest BCUT2D eigenvalue weighted by Crippen LogP contribution is -2.47. The number of carbonyl (C=O) groups is 1. The zero-order valence-electron chi connectivity index (χ0n) is 13.4. The molecule has 0 bridgehead atoms. The van der Waals surface area contributed by atoms with E-state index in [-0.39, 0.29) is 5.91 Å². The molecule has 23 heavy (non-hydrogen) atoms. The van der Waals surface area contributed by atoms with E-state index in [0.717, 1.165) is 42.3 Å². The second-order valence-electron chi connectivity index (χ2n) is 5.65. The number of rotatable bonds is 4. The number of likely N-dealkylation sites (tertiary alicyclic amines) is 1. The number of amides is 1. The Morgan fingerprint density at radius 2 is 2.17 bits per heavy atom. The van der Waals surface area contributed by atoms with Crippen LogP contribution in [-0.2, 0) is 0 Å². The Morgan fingerprint density at radius 1 is 1.39 bits per heavy atom. The maximum absolute atomic E-state index is 12.6. The van der Waals surface area contributed by atoms with Gasteiger partial charge < -0.3 is 15.0 Å². The van der Waals surface area contributed by atoms with Gasteiger partial charge in [0.1, 0.15) is 16.5 Å². The summed E-state index contributed by atoms with van der Waals surface area (Å²) in [4.78, 5) is 19.1. The molecule has 1 saturated heterocycles. The molecule has 1 aliphatic heterocycles. The molecule has 1 aromatic heterocycles. The van der Waals surface area contributed by atoms with Gasteiger partial charge in [-0.2, -0.15) is 0 Å². The van der Waals surface area contributed by atoms with Crippen molar-refractivity contribution in [3.05, 3.63) is 35.3 Å². The molecule has 1 unspecified atom stereocenters. The van der Waals surface area contributed by atoms with E-state index in [2.05, 4.69) is 10.3 Å². The molecule has 0 saturated carbocycles. The lowest BCUT2D eigenvalue weighted by atomic mass is 10.1.